The first-order valence-electron chi connectivity index (χ1n) is 6.66. The van der Waals surface area contributed by atoms with E-state index in [1.54, 1.807) is 11.9 Å². The summed E-state index contributed by atoms with van der Waals surface area (Å²) in [4.78, 5) is 27.1. The number of fused-ring (bicyclic) bond motifs is 2. The van der Waals surface area contributed by atoms with Gasteiger partial charge in [-0.2, -0.15) is 0 Å². The predicted molar refractivity (Wildman–Crippen MR) is 67.2 cm³/mol. The van der Waals surface area contributed by atoms with Crippen LogP contribution in [0.25, 0.3) is 0 Å². The molecule has 1 amide bonds. The van der Waals surface area contributed by atoms with Crippen molar-refractivity contribution in [3.05, 3.63) is 0 Å². The first kappa shape index (κ1) is 13.3. The largest absolute Gasteiger partial charge is 0.481 e. The third-order valence-electron chi connectivity index (χ3n) is 4.48. The summed E-state index contributed by atoms with van der Waals surface area (Å²) in [6.45, 7) is 4.33. The lowest BCUT2D eigenvalue weighted by atomic mass is 9.89. The van der Waals surface area contributed by atoms with E-state index in [0.29, 0.717) is 19.0 Å². The van der Waals surface area contributed by atoms with Crippen molar-refractivity contribution in [3.63, 3.8) is 0 Å². The van der Waals surface area contributed by atoms with Crippen LogP contribution < -0.4 is 0 Å². The van der Waals surface area contributed by atoms with Gasteiger partial charge in [-0.15, -0.1) is 0 Å². The van der Waals surface area contributed by atoms with Crippen molar-refractivity contribution in [2.45, 2.75) is 51.2 Å². The molecule has 2 bridgehead atoms. The standard InChI is InChI=1S/C13H22N2O3/c1-8(2)14(3)12(16)7-15-9-4-5-11(15)10(6-9)13(17)18/h8-11H,4-7H2,1-3H3,(H,17,18). The molecule has 2 fully saturated rings. The van der Waals surface area contributed by atoms with Gasteiger partial charge in [0.15, 0.2) is 0 Å². The molecular weight excluding hydrogens is 232 g/mol. The normalized spacial score (nSPS) is 31.0. The average molecular weight is 254 g/mol. The summed E-state index contributed by atoms with van der Waals surface area (Å²) in [6, 6.07) is 0.547. The third-order valence-corrected chi connectivity index (χ3v) is 4.48. The highest BCUT2D eigenvalue weighted by atomic mass is 16.4. The molecule has 0 aliphatic carbocycles. The molecule has 2 saturated heterocycles. The van der Waals surface area contributed by atoms with E-state index >= 15 is 0 Å². The number of aliphatic carboxylic acids is 1. The summed E-state index contributed by atoms with van der Waals surface area (Å²) in [6.07, 6.45) is 2.66. The minimum Gasteiger partial charge on any atom is -0.481 e. The summed E-state index contributed by atoms with van der Waals surface area (Å²) in [5, 5.41) is 9.16. The maximum Gasteiger partial charge on any atom is 0.308 e. The summed E-state index contributed by atoms with van der Waals surface area (Å²) < 4.78 is 0. The Balaban J connectivity index is 1.99. The second-order valence-corrected chi connectivity index (χ2v) is 5.75. The molecular formula is C13H22N2O3. The smallest absolute Gasteiger partial charge is 0.308 e. The zero-order chi connectivity index (χ0) is 13.4. The molecule has 2 heterocycles. The van der Waals surface area contributed by atoms with E-state index in [1.165, 1.54) is 0 Å². The molecule has 0 spiro atoms. The van der Waals surface area contributed by atoms with Gasteiger partial charge in [0, 0.05) is 25.2 Å². The van der Waals surface area contributed by atoms with Gasteiger partial charge in [-0.3, -0.25) is 14.5 Å². The van der Waals surface area contributed by atoms with Crippen LogP contribution in [0.2, 0.25) is 0 Å². The van der Waals surface area contributed by atoms with Crippen LogP contribution in [0.5, 0.6) is 0 Å². The van der Waals surface area contributed by atoms with Crippen molar-refractivity contribution in [3.8, 4) is 0 Å². The number of carbonyl (C=O) groups is 2. The van der Waals surface area contributed by atoms with E-state index in [-0.39, 0.29) is 23.9 Å². The Morgan fingerprint density at radius 1 is 1.39 bits per heavy atom. The van der Waals surface area contributed by atoms with Crippen LogP contribution >= 0.6 is 0 Å². The van der Waals surface area contributed by atoms with Gasteiger partial charge in [0.2, 0.25) is 5.91 Å². The van der Waals surface area contributed by atoms with Crippen LogP contribution in [-0.4, -0.2) is 58.5 Å². The first-order chi connectivity index (χ1) is 8.41. The third kappa shape index (κ3) is 2.23. The molecule has 5 nitrogen and oxygen atoms in total. The second-order valence-electron chi connectivity index (χ2n) is 5.75. The predicted octanol–water partition coefficient (Wildman–Crippen LogP) is 0.791. The second kappa shape index (κ2) is 4.88. The van der Waals surface area contributed by atoms with E-state index in [0.717, 1.165) is 12.8 Å². The Morgan fingerprint density at radius 2 is 2.06 bits per heavy atom. The van der Waals surface area contributed by atoms with Crippen LogP contribution in [0.1, 0.15) is 33.1 Å². The molecule has 0 radical (unpaired) electrons. The molecule has 0 aromatic heterocycles. The highest BCUT2D eigenvalue weighted by Crippen LogP contribution is 2.41. The summed E-state index contributed by atoms with van der Waals surface area (Å²) in [7, 11) is 1.81. The fraction of sp³-hybridized carbons (Fsp3) is 0.846. The van der Waals surface area contributed by atoms with Gasteiger partial charge in [-0.1, -0.05) is 0 Å². The monoisotopic (exact) mass is 254 g/mol. The van der Waals surface area contributed by atoms with Crippen LogP contribution in [0.15, 0.2) is 0 Å². The molecule has 102 valence electrons. The van der Waals surface area contributed by atoms with Gasteiger partial charge in [0.1, 0.15) is 0 Å². The Kier molecular flexibility index (Phi) is 3.61. The van der Waals surface area contributed by atoms with E-state index in [4.69, 9.17) is 5.11 Å². The number of hydrogen-bond acceptors (Lipinski definition) is 3. The number of carboxylic acid groups (broad SMARTS) is 1. The fourth-order valence-corrected chi connectivity index (χ4v) is 3.17. The Bertz CT molecular complexity index is 356. The molecule has 3 atom stereocenters. The first-order valence-corrected chi connectivity index (χ1v) is 6.66. The van der Waals surface area contributed by atoms with E-state index < -0.39 is 5.97 Å². The molecule has 0 aromatic carbocycles. The summed E-state index contributed by atoms with van der Waals surface area (Å²) >= 11 is 0. The number of hydrogen-bond donors (Lipinski definition) is 1. The highest BCUT2D eigenvalue weighted by molar-refractivity contribution is 5.79. The fourth-order valence-electron chi connectivity index (χ4n) is 3.17. The van der Waals surface area contributed by atoms with Gasteiger partial charge >= 0.3 is 5.97 Å². The Morgan fingerprint density at radius 3 is 2.56 bits per heavy atom. The zero-order valence-corrected chi connectivity index (χ0v) is 11.3. The average Bonchev–Trinajstić information content (AvgIpc) is 2.85. The van der Waals surface area contributed by atoms with E-state index in [1.807, 2.05) is 13.8 Å². The van der Waals surface area contributed by atoms with Gasteiger partial charge in [0.25, 0.3) is 0 Å². The minimum atomic E-state index is -0.711. The maximum absolute atomic E-state index is 12.1. The zero-order valence-electron chi connectivity index (χ0n) is 11.3. The van der Waals surface area contributed by atoms with Crippen molar-refractivity contribution in [2.24, 2.45) is 5.92 Å². The highest BCUT2D eigenvalue weighted by Gasteiger charge is 2.49. The van der Waals surface area contributed by atoms with E-state index in [2.05, 4.69) is 4.90 Å². The lowest BCUT2D eigenvalue weighted by Gasteiger charge is -2.27. The number of rotatable bonds is 4. The lowest BCUT2D eigenvalue weighted by molar-refractivity contribution is -0.143. The Hall–Kier alpha value is -1.10. The summed E-state index contributed by atoms with van der Waals surface area (Å²) in [5.41, 5.74) is 0. The molecule has 0 saturated carbocycles. The molecule has 1 N–H and O–H groups in total. The van der Waals surface area contributed by atoms with Crippen molar-refractivity contribution in [2.75, 3.05) is 13.6 Å². The van der Waals surface area contributed by atoms with Crippen LogP contribution in [0.4, 0.5) is 0 Å². The number of carbonyl (C=O) groups excluding carboxylic acids is 1. The van der Waals surface area contributed by atoms with E-state index in [9.17, 15) is 9.59 Å². The minimum absolute atomic E-state index is 0.0667. The van der Waals surface area contributed by atoms with Crippen molar-refractivity contribution in [1.29, 1.82) is 0 Å². The number of likely N-dealkylation sites (N-methyl/N-ethyl adjacent to an activating group) is 1. The number of carboxylic acids is 1. The lowest BCUT2D eigenvalue weighted by Crippen LogP contribution is -2.44. The molecule has 2 aliphatic heterocycles. The van der Waals surface area contributed by atoms with Crippen molar-refractivity contribution < 1.29 is 14.7 Å². The van der Waals surface area contributed by atoms with Crippen molar-refractivity contribution in [1.82, 2.24) is 9.80 Å². The molecule has 5 heteroatoms. The number of amides is 1. The molecule has 2 rings (SSSR count). The summed E-state index contributed by atoms with van der Waals surface area (Å²) in [5.74, 6) is -0.897. The SMILES string of the molecule is CC(C)N(C)C(=O)CN1C2CCC1C(C(=O)O)C2. The molecule has 18 heavy (non-hydrogen) atoms. The molecule has 0 aromatic rings. The quantitative estimate of drug-likeness (QED) is 0.806. The van der Waals surface area contributed by atoms with Crippen LogP contribution in [0, 0.1) is 5.92 Å². The van der Waals surface area contributed by atoms with Crippen LogP contribution in [-0.2, 0) is 9.59 Å². The molecule has 2 aliphatic rings. The van der Waals surface area contributed by atoms with Gasteiger partial charge < -0.3 is 10.0 Å². The van der Waals surface area contributed by atoms with Gasteiger partial charge in [-0.05, 0) is 33.1 Å². The van der Waals surface area contributed by atoms with Crippen molar-refractivity contribution >= 4 is 11.9 Å². The Labute approximate surface area is 108 Å². The number of nitrogens with zero attached hydrogens (tertiary/aromatic N) is 2. The molecule has 3 unspecified atom stereocenters. The van der Waals surface area contributed by atoms with Gasteiger partial charge in [-0.25, -0.2) is 0 Å². The van der Waals surface area contributed by atoms with Crippen LogP contribution in [0.3, 0.4) is 0 Å². The maximum atomic E-state index is 12.1. The van der Waals surface area contributed by atoms with Gasteiger partial charge in [0.05, 0.1) is 12.5 Å². The topological polar surface area (TPSA) is 60.9 Å².